The van der Waals surface area contributed by atoms with Crippen LogP contribution in [0.1, 0.15) is 29.3 Å². The third-order valence-corrected chi connectivity index (χ3v) is 8.04. The van der Waals surface area contributed by atoms with Crippen LogP contribution < -0.4 is 5.56 Å². The van der Waals surface area contributed by atoms with Crippen LogP contribution in [0.5, 0.6) is 0 Å². The molecule has 1 atom stereocenters. The Morgan fingerprint density at radius 3 is 2.88 bits per heavy atom. The molecule has 2 aromatic heterocycles. The van der Waals surface area contributed by atoms with Gasteiger partial charge in [-0.15, -0.1) is 11.3 Å². The van der Waals surface area contributed by atoms with Gasteiger partial charge in [-0.1, -0.05) is 43.0 Å². The quantitative estimate of drug-likeness (QED) is 0.153. The number of aromatic nitrogens is 2. The fourth-order valence-electron chi connectivity index (χ4n) is 4.22. The summed E-state index contributed by atoms with van der Waals surface area (Å²) in [6.45, 7) is 2.21. The van der Waals surface area contributed by atoms with E-state index < -0.39 is 10.7 Å². The smallest absolute Gasteiger partial charge is 0.268 e. The number of nitro benzene ring substituents is 1. The second-order valence-corrected chi connectivity index (χ2v) is 10.3. The van der Waals surface area contributed by atoms with Crippen LogP contribution in [-0.4, -0.2) is 14.5 Å². The molecule has 0 bridgehead atoms. The number of halogens is 1. The maximum atomic E-state index is 14.8. The molecule has 1 unspecified atom stereocenters. The van der Waals surface area contributed by atoms with Gasteiger partial charge in [0.25, 0.3) is 11.2 Å². The monoisotopic (exact) mass is 481 g/mol. The summed E-state index contributed by atoms with van der Waals surface area (Å²) in [6, 6.07) is 12.5. The molecule has 168 valence electrons. The van der Waals surface area contributed by atoms with Gasteiger partial charge in [0.15, 0.2) is 5.16 Å². The molecule has 33 heavy (non-hydrogen) atoms. The summed E-state index contributed by atoms with van der Waals surface area (Å²) in [6.07, 6.45) is 2.76. The van der Waals surface area contributed by atoms with Crippen molar-refractivity contribution in [1.82, 2.24) is 9.55 Å². The fraction of sp³-hybridized carbons (Fsp3) is 0.250. The number of non-ortho nitro benzene ring substituents is 1. The van der Waals surface area contributed by atoms with Crippen LogP contribution in [0.15, 0.2) is 58.5 Å². The lowest BCUT2D eigenvalue weighted by Crippen LogP contribution is -2.23. The van der Waals surface area contributed by atoms with Gasteiger partial charge in [0.05, 0.1) is 16.0 Å². The van der Waals surface area contributed by atoms with Crippen LogP contribution in [-0.2, 0) is 18.6 Å². The number of hydrogen-bond acceptors (Lipinski definition) is 6. The van der Waals surface area contributed by atoms with Crippen LogP contribution in [0.4, 0.5) is 10.1 Å². The highest BCUT2D eigenvalue weighted by Gasteiger charge is 2.26. The van der Waals surface area contributed by atoms with Gasteiger partial charge in [0.2, 0.25) is 0 Å². The Kier molecular flexibility index (Phi) is 5.76. The zero-order valence-corrected chi connectivity index (χ0v) is 19.4. The van der Waals surface area contributed by atoms with Crippen molar-refractivity contribution in [3.8, 4) is 5.69 Å². The Balaban J connectivity index is 1.65. The lowest BCUT2D eigenvalue weighted by Gasteiger charge is -2.18. The number of aryl methyl sites for hydroxylation is 1. The number of nitro groups is 1. The number of thiophene rings is 1. The number of nitrogens with zero attached hydrogens (tertiary/aromatic N) is 3. The highest BCUT2D eigenvalue weighted by molar-refractivity contribution is 7.98. The Hall–Kier alpha value is -3.04. The van der Waals surface area contributed by atoms with E-state index >= 15 is 0 Å². The van der Waals surface area contributed by atoms with Gasteiger partial charge in [-0.05, 0) is 48.4 Å². The first-order valence-electron chi connectivity index (χ1n) is 10.6. The van der Waals surface area contributed by atoms with E-state index in [1.54, 1.807) is 41.7 Å². The summed E-state index contributed by atoms with van der Waals surface area (Å²) in [7, 11) is 0. The van der Waals surface area contributed by atoms with E-state index in [1.807, 2.05) is 0 Å². The number of thioether (sulfide) groups is 1. The first kappa shape index (κ1) is 21.8. The molecule has 0 fully saturated rings. The highest BCUT2D eigenvalue weighted by Crippen LogP contribution is 2.37. The Bertz CT molecular complexity index is 1450. The van der Waals surface area contributed by atoms with Gasteiger partial charge >= 0.3 is 0 Å². The Labute approximate surface area is 197 Å². The summed E-state index contributed by atoms with van der Waals surface area (Å²) >= 11 is 2.82. The molecular weight excluding hydrogens is 461 g/mol. The minimum Gasteiger partial charge on any atom is -0.268 e. The molecular formula is C24H20FN3O3S2. The van der Waals surface area contributed by atoms with E-state index in [0.29, 0.717) is 27.0 Å². The lowest BCUT2D eigenvalue weighted by atomic mass is 9.89. The molecule has 9 heteroatoms. The SMILES string of the molecule is CC1CCc2c(sc3nc(SCc4cccc([N+](=O)[O-])c4)n(-c4ccccc4F)c(=O)c23)C1. The highest BCUT2D eigenvalue weighted by atomic mass is 32.2. The summed E-state index contributed by atoms with van der Waals surface area (Å²) < 4.78 is 16.1. The number of benzene rings is 2. The number of rotatable bonds is 5. The third-order valence-electron chi connectivity index (χ3n) is 5.88. The number of para-hydroxylation sites is 1. The van der Waals surface area contributed by atoms with E-state index in [1.165, 1.54) is 39.4 Å². The number of hydrogen-bond donors (Lipinski definition) is 0. The minimum atomic E-state index is -0.504. The Morgan fingerprint density at radius 1 is 1.27 bits per heavy atom. The molecule has 5 rings (SSSR count). The molecule has 2 aromatic carbocycles. The minimum absolute atomic E-state index is 0.00283. The average Bonchev–Trinajstić information content (AvgIpc) is 3.16. The van der Waals surface area contributed by atoms with E-state index in [2.05, 4.69) is 6.92 Å². The molecule has 0 amide bonds. The molecule has 1 aliphatic rings. The average molecular weight is 482 g/mol. The van der Waals surface area contributed by atoms with Crippen molar-refractivity contribution in [2.75, 3.05) is 0 Å². The largest absolute Gasteiger partial charge is 0.269 e. The molecule has 0 N–H and O–H groups in total. The van der Waals surface area contributed by atoms with Crippen LogP contribution in [0.2, 0.25) is 0 Å². The molecule has 1 aliphatic carbocycles. The molecule has 0 aliphatic heterocycles. The first-order valence-corrected chi connectivity index (χ1v) is 12.4. The van der Waals surface area contributed by atoms with Crippen molar-refractivity contribution in [2.45, 2.75) is 37.1 Å². The summed E-state index contributed by atoms with van der Waals surface area (Å²) in [5.74, 6) is 0.411. The zero-order chi connectivity index (χ0) is 23.1. The lowest BCUT2D eigenvalue weighted by molar-refractivity contribution is -0.384. The van der Waals surface area contributed by atoms with Crippen LogP contribution in [0.3, 0.4) is 0 Å². The summed E-state index contributed by atoms with van der Waals surface area (Å²) in [4.78, 5) is 31.1. The van der Waals surface area contributed by atoms with E-state index in [0.717, 1.165) is 30.4 Å². The molecule has 0 radical (unpaired) electrons. The van der Waals surface area contributed by atoms with Crippen LogP contribution >= 0.6 is 23.1 Å². The second-order valence-electron chi connectivity index (χ2n) is 8.23. The topological polar surface area (TPSA) is 78.0 Å². The van der Waals surface area contributed by atoms with Gasteiger partial charge in [0, 0.05) is 22.8 Å². The second kappa shape index (κ2) is 8.72. The predicted molar refractivity (Wildman–Crippen MR) is 129 cm³/mol. The van der Waals surface area contributed by atoms with Gasteiger partial charge in [-0.25, -0.2) is 9.37 Å². The predicted octanol–water partition coefficient (Wildman–Crippen LogP) is 5.91. The van der Waals surface area contributed by atoms with Gasteiger partial charge in [0.1, 0.15) is 10.6 Å². The van der Waals surface area contributed by atoms with Crippen molar-refractivity contribution < 1.29 is 9.31 Å². The van der Waals surface area contributed by atoms with Crippen molar-refractivity contribution >= 4 is 39.0 Å². The van der Waals surface area contributed by atoms with Crippen molar-refractivity contribution in [3.63, 3.8) is 0 Å². The van der Waals surface area contributed by atoms with Gasteiger partial charge < -0.3 is 0 Å². The summed E-state index contributed by atoms with van der Waals surface area (Å²) in [5.41, 5.74) is 1.66. The summed E-state index contributed by atoms with van der Waals surface area (Å²) in [5, 5.41) is 12.1. The molecule has 0 saturated heterocycles. The van der Waals surface area contributed by atoms with Gasteiger partial charge in [-0.2, -0.15) is 0 Å². The van der Waals surface area contributed by atoms with Crippen LogP contribution in [0.25, 0.3) is 15.9 Å². The van der Waals surface area contributed by atoms with E-state index in [9.17, 15) is 19.3 Å². The number of fused-ring (bicyclic) bond motifs is 3. The van der Waals surface area contributed by atoms with Crippen molar-refractivity contribution in [2.24, 2.45) is 5.92 Å². The van der Waals surface area contributed by atoms with Crippen LogP contribution in [0, 0.1) is 21.8 Å². The molecule has 4 aromatic rings. The fourth-order valence-corrected chi connectivity index (χ4v) is 6.59. The van der Waals surface area contributed by atoms with Gasteiger partial charge in [-0.3, -0.25) is 19.5 Å². The first-order chi connectivity index (χ1) is 15.9. The maximum Gasteiger partial charge on any atom is 0.269 e. The Morgan fingerprint density at radius 2 is 2.09 bits per heavy atom. The normalized spacial score (nSPS) is 15.5. The molecule has 0 saturated carbocycles. The van der Waals surface area contributed by atoms with Crippen molar-refractivity contribution in [3.05, 3.63) is 90.8 Å². The third kappa shape index (κ3) is 4.06. The standard InChI is InChI=1S/C24H20FN3O3S2/c1-14-9-10-17-20(11-14)33-22-21(17)23(29)27(19-8-3-2-7-18(19)25)24(26-22)32-13-15-5-4-6-16(12-15)28(30)31/h2-8,12,14H,9-11,13H2,1H3. The zero-order valence-electron chi connectivity index (χ0n) is 17.8. The van der Waals surface area contributed by atoms with E-state index in [4.69, 9.17) is 4.98 Å². The molecule has 2 heterocycles. The van der Waals surface area contributed by atoms with E-state index in [-0.39, 0.29) is 16.9 Å². The molecule has 0 spiro atoms. The molecule has 6 nitrogen and oxygen atoms in total. The maximum absolute atomic E-state index is 14.8. The van der Waals surface area contributed by atoms with Crippen molar-refractivity contribution in [1.29, 1.82) is 0 Å².